The van der Waals surface area contributed by atoms with Gasteiger partial charge in [-0.2, -0.15) is 0 Å². The van der Waals surface area contributed by atoms with Gasteiger partial charge in [0.15, 0.2) is 0 Å². The highest BCUT2D eigenvalue weighted by molar-refractivity contribution is 5.83. The molecule has 3 aromatic carbocycles. The van der Waals surface area contributed by atoms with Crippen molar-refractivity contribution < 1.29 is 9.50 Å². The first-order chi connectivity index (χ1) is 10.1. The first-order valence-electron chi connectivity index (χ1n) is 7.05. The van der Waals surface area contributed by atoms with Gasteiger partial charge >= 0.3 is 0 Å². The Bertz CT molecular complexity index is 779. The lowest BCUT2D eigenvalue weighted by Gasteiger charge is -2.12. The quantitative estimate of drug-likeness (QED) is 0.745. The van der Waals surface area contributed by atoms with Crippen LogP contribution in [0.5, 0.6) is 0 Å². The van der Waals surface area contributed by atoms with Crippen LogP contribution in [0.3, 0.4) is 0 Å². The topological polar surface area (TPSA) is 20.2 Å². The Morgan fingerprint density at radius 1 is 0.952 bits per heavy atom. The van der Waals surface area contributed by atoms with E-state index in [0.29, 0.717) is 17.5 Å². The van der Waals surface area contributed by atoms with E-state index in [-0.39, 0.29) is 5.82 Å². The smallest absolute Gasteiger partial charge is 0.126 e. The fourth-order valence-electron chi connectivity index (χ4n) is 2.52. The molecule has 0 saturated carbocycles. The molecule has 0 aliphatic heterocycles. The highest BCUT2D eigenvalue weighted by atomic mass is 19.1. The molecule has 1 unspecified atom stereocenters. The summed E-state index contributed by atoms with van der Waals surface area (Å²) >= 11 is 0. The summed E-state index contributed by atoms with van der Waals surface area (Å²) in [5.74, 6) is -0.273. The number of fused-ring (bicyclic) bond motifs is 1. The lowest BCUT2D eigenvalue weighted by molar-refractivity contribution is 0.178. The van der Waals surface area contributed by atoms with Crippen molar-refractivity contribution in [3.8, 4) is 0 Å². The normalized spacial score (nSPS) is 12.5. The maximum atomic E-state index is 13.6. The molecule has 0 aliphatic carbocycles. The van der Waals surface area contributed by atoms with E-state index in [0.717, 1.165) is 10.9 Å². The number of hydrogen-bond acceptors (Lipinski definition) is 1. The zero-order valence-corrected chi connectivity index (χ0v) is 11.9. The summed E-state index contributed by atoms with van der Waals surface area (Å²) in [6.07, 6.45) is -0.214. The first kappa shape index (κ1) is 13.8. The lowest BCUT2D eigenvalue weighted by Crippen LogP contribution is -2.02. The SMILES string of the molecule is Cc1ccc(C(O)Cc2ccc3ccccc3c2)cc1F. The molecule has 3 aromatic rings. The van der Waals surface area contributed by atoms with E-state index < -0.39 is 6.10 Å². The Kier molecular flexibility index (Phi) is 3.72. The van der Waals surface area contributed by atoms with Crippen LogP contribution in [0.15, 0.2) is 60.7 Å². The fraction of sp³-hybridized carbons (Fsp3) is 0.158. The largest absolute Gasteiger partial charge is 0.388 e. The van der Waals surface area contributed by atoms with Gasteiger partial charge in [-0.3, -0.25) is 0 Å². The van der Waals surface area contributed by atoms with Crippen molar-refractivity contribution in [2.45, 2.75) is 19.4 Å². The Morgan fingerprint density at radius 2 is 1.71 bits per heavy atom. The molecule has 0 fully saturated rings. The molecule has 2 heteroatoms. The molecule has 21 heavy (non-hydrogen) atoms. The third kappa shape index (κ3) is 2.96. The average Bonchev–Trinajstić information content (AvgIpc) is 2.50. The van der Waals surface area contributed by atoms with Crippen LogP contribution in [0, 0.1) is 12.7 Å². The van der Waals surface area contributed by atoms with Gasteiger partial charge in [-0.25, -0.2) is 4.39 Å². The molecule has 1 nitrogen and oxygen atoms in total. The number of benzene rings is 3. The van der Waals surface area contributed by atoms with Gasteiger partial charge in [0.25, 0.3) is 0 Å². The molecule has 3 rings (SSSR count). The Morgan fingerprint density at radius 3 is 2.48 bits per heavy atom. The van der Waals surface area contributed by atoms with Gasteiger partial charge in [-0.05, 0) is 40.5 Å². The summed E-state index contributed by atoms with van der Waals surface area (Å²) in [5, 5.41) is 12.6. The maximum absolute atomic E-state index is 13.6. The summed E-state index contributed by atoms with van der Waals surface area (Å²) in [4.78, 5) is 0. The summed E-state index contributed by atoms with van der Waals surface area (Å²) in [6.45, 7) is 1.72. The lowest BCUT2D eigenvalue weighted by atomic mass is 9.98. The average molecular weight is 280 g/mol. The van der Waals surface area contributed by atoms with E-state index in [2.05, 4.69) is 18.2 Å². The molecule has 1 N–H and O–H groups in total. The summed E-state index contributed by atoms with van der Waals surface area (Å²) in [6, 6.07) is 19.2. The summed E-state index contributed by atoms with van der Waals surface area (Å²) in [7, 11) is 0. The Labute approximate surface area is 123 Å². The van der Waals surface area contributed by atoms with Crippen LogP contribution >= 0.6 is 0 Å². The van der Waals surface area contributed by atoms with Crippen molar-refractivity contribution in [2.75, 3.05) is 0 Å². The number of aliphatic hydroxyl groups is 1. The molecule has 1 atom stereocenters. The van der Waals surface area contributed by atoms with Crippen LogP contribution in [0.25, 0.3) is 10.8 Å². The number of halogens is 1. The second-order valence-corrected chi connectivity index (χ2v) is 5.41. The third-order valence-electron chi connectivity index (χ3n) is 3.82. The van der Waals surface area contributed by atoms with Crippen molar-refractivity contribution in [1.29, 1.82) is 0 Å². The minimum absolute atomic E-state index is 0.273. The zero-order valence-electron chi connectivity index (χ0n) is 11.9. The Hall–Kier alpha value is -2.19. The summed E-state index contributed by atoms with van der Waals surface area (Å²) in [5.41, 5.74) is 2.25. The molecule has 106 valence electrons. The van der Waals surface area contributed by atoms with Crippen molar-refractivity contribution in [1.82, 2.24) is 0 Å². The van der Waals surface area contributed by atoms with E-state index >= 15 is 0 Å². The highest BCUT2D eigenvalue weighted by Crippen LogP contribution is 2.23. The molecule has 0 amide bonds. The Balaban J connectivity index is 1.85. The van der Waals surface area contributed by atoms with Gasteiger partial charge in [-0.15, -0.1) is 0 Å². The van der Waals surface area contributed by atoms with Crippen molar-refractivity contribution in [3.63, 3.8) is 0 Å². The number of hydrogen-bond donors (Lipinski definition) is 1. The second-order valence-electron chi connectivity index (χ2n) is 5.41. The van der Waals surface area contributed by atoms with Gasteiger partial charge in [0.2, 0.25) is 0 Å². The highest BCUT2D eigenvalue weighted by Gasteiger charge is 2.11. The monoisotopic (exact) mass is 280 g/mol. The number of rotatable bonds is 3. The van der Waals surface area contributed by atoms with Crippen LogP contribution in [0.2, 0.25) is 0 Å². The van der Waals surface area contributed by atoms with Gasteiger partial charge in [-0.1, -0.05) is 54.6 Å². The third-order valence-corrected chi connectivity index (χ3v) is 3.82. The molecular formula is C19H17FO. The van der Waals surface area contributed by atoms with Crippen LogP contribution < -0.4 is 0 Å². The van der Waals surface area contributed by atoms with Crippen molar-refractivity contribution >= 4 is 10.8 Å². The molecule has 0 bridgehead atoms. The molecule has 0 aliphatic rings. The van der Waals surface area contributed by atoms with E-state index in [4.69, 9.17) is 0 Å². The predicted octanol–water partition coefficient (Wildman–Crippen LogP) is 4.56. The number of aryl methyl sites for hydroxylation is 1. The van der Waals surface area contributed by atoms with Crippen LogP contribution in [-0.2, 0) is 6.42 Å². The fourth-order valence-corrected chi connectivity index (χ4v) is 2.52. The first-order valence-corrected chi connectivity index (χ1v) is 7.05. The molecule has 0 aromatic heterocycles. The van der Waals surface area contributed by atoms with Gasteiger partial charge in [0.05, 0.1) is 6.10 Å². The van der Waals surface area contributed by atoms with Gasteiger partial charge in [0, 0.05) is 6.42 Å². The van der Waals surface area contributed by atoms with Crippen LogP contribution in [0.4, 0.5) is 4.39 Å². The number of aliphatic hydroxyl groups excluding tert-OH is 1. The van der Waals surface area contributed by atoms with E-state index in [1.54, 1.807) is 19.1 Å². The minimum atomic E-state index is -0.693. The van der Waals surface area contributed by atoms with Crippen LogP contribution in [0.1, 0.15) is 22.8 Å². The molecule has 0 radical (unpaired) electrons. The van der Waals surface area contributed by atoms with E-state index in [1.807, 2.05) is 24.3 Å². The van der Waals surface area contributed by atoms with E-state index in [9.17, 15) is 9.50 Å². The zero-order chi connectivity index (χ0) is 14.8. The van der Waals surface area contributed by atoms with Gasteiger partial charge in [0.1, 0.15) is 5.82 Å². The molecular weight excluding hydrogens is 263 g/mol. The van der Waals surface area contributed by atoms with Crippen molar-refractivity contribution in [3.05, 3.63) is 83.2 Å². The standard InChI is InChI=1S/C19H17FO/c1-13-6-8-17(12-18(13)20)19(21)11-14-7-9-15-4-2-3-5-16(15)10-14/h2-10,12,19,21H,11H2,1H3. The maximum Gasteiger partial charge on any atom is 0.126 e. The second kappa shape index (κ2) is 5.66. The van der Waals surface area contributed by atoms with Gasteiger partial charge < -0.3 is 5.11 Å². The minimum Gasteiger partial charge on any atom is -0.388 e. The molecule has 0 spiro atoms. The van der Waals surface area contributed by atoms with Crippen LogP contribution in [-0.4, -0.2) is 5.11 Å². The predicted molar refractivity (Wildman–Crippen MR) is 83.7 cm³/mol. The van der Waals surface area contributed by atoms with E-state index in [1.165, 1.54) is 11.5 Å². The van der Waals surface area contributed by atoms with Crippen molar-refractivity contribution in [2.24, 2.45) is 0 Å². The molecule has 0 heterocycles. The summed E-state index contributed by atoms with van der Waals surface area (Å²) < 4.78 is 13.6. The molecule has 0 saturated heterocycles.